The van der Waals surface area contributed by atoms with E-state index in [9.17, 15) is 4.79 Å². The van der Waals surface area contributed by atoms with Gasteiger partial charge in [0.1, 0.15) is 0 Å². The summed E-state index contributed by atoms with van der Waals surface area (Å²) in [4.78, 5) is 20.6. The zero-order chi connectivity index (χ0) is 16.8. The van der Waals surface area contributed by atoms with Crippen LogP contribution >= 0.6 is 0 Å². The summed E-state index contributed by atoms with van der Waals surface area (Å²) in [6.45, 7) is 8.10. The van der Waals surface area contributed by atoms with Crippen molar-refractivity contribution in [1.29, 1.82) is 0 Å². The molecule has 1 aliphatic heterocycles. The molecule has 0 radical (unpaired) electrons. The average molecular weight is 327 g/mol. The normalized spacial score (nSPS) is 15.5. The van der Waals surface area contributed by atoms with Gasteiger partial charge in [-0.3, -0.25) is 0 Å². The molecule has 1 aliphatic rings. The van der Waals surface area contributed by atoms with Crippen LogP contribution in [0.2, 0.25) is 0 Å². The smallest absolute Gasteiger partial charge is 0.317 e. The van der Waals surface area contributed by atoms with Crippen LogP contribution in [0, 0.1) is 0 Å². The number of nitrogens with zero attached hydrogens (tertiary/aromatic N) is 4. The van der Waals surface area contributed by atoms with Gasteiger partial charge < -0.3 is 19.7 Å². The lowest BCUT2D eigenvalue weighted by Gasteiger charge is -2.34. The van der Waals surface area contributed by atoms with E-state index < -0.39 is 0 Å². The number of hydrogen-bond donors (Lipinski definition) is 1. The minimum atomic E-state index is 0.0331. The number of hydrogen-bond acceptors (Lipinski definition) is 3. The molecule has 0 atom stereocenters. The molecule has 128 valence electrons. The Kier molecular flexibility index (Phi) is 5.48. The van der Waals surface area contributed by atoms with Crippen molar-refractivity contribution in [1.82, 2.24) is 24.7 Å². The van der Waals surface area contributed by atoms with Crippen LogP contribution in [-0.2, 0) is 13.1 Å². The van der Waals surface area contributed by atoms with Crippen LogP contribution in [0.4, 0.5) is 4.79 Å². The summed E-state index contributed by atoms with van der Waals surface area (Å²) in [7, 11) is 0. The van der Waals surface area contributed by atoms with Gasteiger partial charge in [0.15, 0.2) is 0 Å². The lowest BCUT2D eigenvalue weighted by Crippen LogP contribution is -2.51. The largest absolute Gasteiger partial charge is 0.334 e. The number of rotatable bonds is 5. The average Bonchev–Trinajstić information content (AvgIpc) is 3.13. The number of imidazole rings is 1. The van der Waals surface area contributed by atoms with Crippen LogP contribution in [0.1, 0.15) is 18.1 Å². The van der Waals surface area contributed by atoms with Crippen molar-refractivity contribution in [3.63, 3.8) is 0 Å². The van der Waals surface area contributed by atoms with E-state index in [1.54, 1.807) is 6.20 Å². The van der Waals surface area contributed by atoms with Gasteiger partial charge in [-0.2, -0.15) is 0 Å². The molecule has 1 saturated heterocycles. The molecule has 2 heterocycles. The maximum absolute atomic E-state index is 12.3. The lowest BCUT2D eigenvalue weighted by atomic mass is 10.1. The topological polar surface area (TPSA) is 53.4 Å². The van der Waals surface area contributed by atoms with Crippen LogP contribution in [0.5, 0.6) is 0 Å². The molecule has 1 aromatic heterocycles. The summed E-state index contributed by atoms with van der Waals surface area (Å²) in [5, 5.41) is 3.04. The minimum absolute atomic E-state index is 0.0331. The highest BCUT2D eigenvalue weighted by molar-refractivity contribution is 5.74. The number of carbonyl (C=O) groups excluding carboxylic acids is 1. The van der Waals surface area contributed by atoms with Crippen LogP contribution < -0.4 is 5.32 Å². The van der Waals surface area contributed by atoms with Gasteiger partial charge >= 0.3 is 6.03 Å². The lowest BCUT2D eigenvalue weighted by molar-refractivity contribution is 0.142. The number of aromatic nitrogens is 2. The van der Waals surface area contributed by atoms with Crippen molar-refractivity contribution in [2.24, 2.45) is 0 Å². The van der Waals surface area contributed by atoms with Gasteiger partial charge in [0.05, 0.1) is 6.33 Å². The number of carbonyl (C=O) groups is 1. The highest BCUT2D eigenvalue weighted by Gasteiger charge is 2.19. The van der Waals surface area contributed by atoms with Crippen LogP contribution in [0.15, 0.2) is 43.0 Å². The third-order valence-electron chi connectivity index (χ3n) is 4.47. The summed E-state index contributed by atoms with van der Waals surface area (Å²) in [5.41, 5.74) is 2.32. The van der Waals surface area contributed by atoms with E-state index in [2.05, 4.69) is 34.3 Å². The first kappa shape index (κ1) is 16.5. The van der Waals surface area contributed by atoms with Gasteiger partial charge in [-0.05, 0) is 17.7 Å². The first-order valence-corrected chi connectivity index (χ1v) is 8.53. The molecule has 1 N–H and O–H groups in total. The standard InChI is InChI=1S/C18H25N5O/c1-2-21-8-10-23(11-9-21)18(24)20-13-16-4-3-5-17(12-16)14-22-7-6-19-15-22/h3-7,12,15H,2,8-11,13-14H2,1H3,(H,20,24). The highest BCUT2D eigenvalue weighted by Crippen LogP contribution is 2.08. The van der Waals surface area contributed by atoms with E-state index in [0.29, 0.717) is 6.54 Å². The SMILES string of the molecule is CCN1CCN(C(=O)NCc2cccc(Cn3ccnc3)c2)CC1. The predicted octanol–water partition coefficient (Wildman–Crippen LogP) is 1.78. The third-order valence-corrected chi connectivity index (χ3v) is 4.47. The molecule has 2 amide bonds. The van der Waals surface area contributed by atoms with Gasteiger partial charge in [0.2, 0.25) is 0 Å². The molecule has 1 aromatic carbocycles. The second kappa shape index (κ2) is 7.97. The Morgan fingerprint density at radius 3 is 2.71 bits per heavy atom. The molecule has 0 saturated carbocycles. The van der Waals surface area contributed by atoms with E-state index in [0.717, 1.165) is 44.8 Å². The Labute approximate surface area is 143 Å². The van der Waals surface area contributed by atoms with Gasteiger partial charge in [-0.25, -0.2) is 9.78 Å². The Bertz CT molecular complexity index is 647. The fraction of sp³-hybridized carbons (Fsp3) is 0.444. The monoisotopic (exact) mass is 327 g/mol. The Morgan fingerprint density at radius 1 is 1.21 bits per heavy atom. The molecule has 3 rings (SSSR count). The molecule has 24 heavy (non-hydrogen) atoms. The molecule has 6 nitrogen and oxygen atoms in total. The Balaban J connectivity index is 1.50. The van der Waals surface area contributed by atoms with Gasteiger partial charge in [-0.1, -0.05) is 31.2 Å². The molecule has 0 unspecified atom stereocenters. The summed E-state index contributed by atoms with van der Waals surface area (Å²) in [6.07, 6.45) is 5.54. The van der Waals surface area contributed by atoms with E-state index in [1.165, 1.54) is 5.56 Å². The fourth-order valence-electron chi connectivity index (χ4n) is 2.99. The van der Waals surface area contributed by atoms with E-state index in [-0.39, 0.29) is 6.03 Å². The highest BCUT2D eigenvalue weighted by atomic mass is 16.2. The van der Waals surface area contributed by atoms with Gasteiger partial charge in [0.25, 0.3) is 0 Å². The molecule has 2 aromatic rings. The van der Waals surface area contributed by atoms with Gasteiger partial charge in [0, 0.05) is 51.7 Å². The Morgan fingerprint density at radius 2 is 2.00 bits per heavy atom. The summed E-state index contributed by atoms with van der Waals surface area (Å²) in [5.74, 6) is 0. The fourth-order valence-corrected chi connectivity index (χ4v) is 2.99. The maximum atomic E-state index is 12.3. The second-order valence-electron chi connectivity index (χ2n) is 6.13. The summed E-state index contributed by atoms with van der Waals surface area (Å²) < 4.78 is 2.03. The number of benzene rings is 1. The van der Waals surface area contributed by atoms with Crippen molar-refractivity contribution >= 4 is 6.03 Å². The number of urea groups is 1. The molecule has 0 aliphatic carbocycles. The van der Waals surface area contributed by atoms with E-state index >= 15 is 0 Å². The zero-order valence-electron chi connectivity index (χ0n) is 14.2. The maximum Gasteiger partial charge on any atom is 0.317 e. The van der Waals surface area contributed by atoms with Crippen molar-refractivity contribution in [2.45, 2.75) is 20.0 Å². The summed E-state index contributed by atoms with van der Waals surface area (Å²) >= 11 is 0. The molecular formula is C18H25N5O. The van der Waals surface area contributed by atoms with Crippen molar-refractivity contribution in [3.8, 4) is 0 Å². The zero-order valence-corrected chi connectivity index (χ0v) is 14.2. The van der Waals surface area contributed by atoms with Crippen molar-refractivity contribution in [3.05, 3.63) is 54.1 Å². The van der Waals surface area contributed by atoms with Crippen LogP contribution in [-0.4, -0.2) is 58.1 Å². The van der Waals surface area contributed by atoms with E-state index in [4.69, 9.17) is 0 Å². The molecule has 0 bridgehead atoms. The molecule has 6 heteroatoms. The second-order valence-corrected chi connectivity index (χ2v) is 6.13. The number of amides is 2. The van der Waals surface area contributed by atoms with Crippen LogP contribution in [0.3, 0.4) is 0 Å². The number of piperazine rings is 1. The number of nitrogens with one attached hydrogen (secondary N) is 1. The first-order chi connectivity index (χ1) is 11.7. The minimum Gasteiger partial charge on any atom is -0.334 e. The predicted molar refractivity (Wildman–Crippen MR) is 93.7 cm³/mol. The van der Waals surface area contributed by atoms with Crippen LogP contribution in [0.25, 0.3) is 0 Å². The quantitative estimate of drug-likeness (QED) is 0.911. The summed E-state index contributed by atoms with van der Waals surface area (Å²) in [6, 6.07) is 8.34. The Hall–Kier alpha value is -2.34. The molecule has 0 spiro atoms. The van der Waals surface area contributed by atoms with Crippen molar-refractivity contribution in [2.75, 3.05) is 32.7 Å². The van der Waals surface area contributed by atoms with E-state index in [1.807, 2.05) is 34.1 Å². The first-order valence-electron chi connectivity index (χ1n) is 8.53. The van der Waals surface area contributed by atoms with Gasteiger partial charge in [-0.15, -0.1) is 0 Å². The number of likely N-dealkylation sites (N-methyl/N-ethyl adjacent to an activating group) is 1. The molecule has 1 fully saturated rings. The third kappa shape index (κ3) is 4.35. The van der Waals surface area contributed by atoms with Crippen molar-refractivity contribution < 1.29 is 4.79 Å². The molecular weight excluding hydrogens is 302 g/mol.